The Morgan fingerprint density at radius 2 is 2.05 bits per heavy atom. The molecule has 0 fully saturated rings. The summed E-state index contributed by atoms with van der Waals surface area (Å²) in [5.41, 5.74) is 8.02. The number of Topliss-reactive ketones (excluding diaryl/α,β-unsaturated/α-hetero) is 1. The maximum absolute atomic E-state index is 11.9. The van der Waals surface area contributed by atoms with Crippen LogP contribution in [0.15, 0.2) is 35.1 Å². The molecule has 5 nitrogen and oxygen atoms in total. The average Bonchev–Trinajstić information content (AvgIpc) is 3.06. The van der Waals surface area contributed by atoms with Crippen LogP contribution in [-0.4, -0.2) is 12.6 Å². The van der Waals surface area contributed by atoms with E-state index in [1.165, 1.54) is 12.5 Å². The number of nitrogens with two attached hydrogens (primary N) is 1. The number of fused-ring (bicyclic) bond motifs is 1. The highest BCUT2D eigenvalue weighted by Gasteiger charge is 2.17. The minimum absolute atomic E-state index is 0.0332. The molecule has 0 saturated carbocycles. The van der Waals surface area contributed by atoms with Crippen molar-refractivity contribution in [3.8, 4) is 11.5 Å². The molecule has 1 aromatic carbocycles. The van der Waals surface area contributed by atoms with Gasteiger partial charge in [-0.3, -0.25) is 4.79 Å². The normalized spacial score (nSPS) is 12.6. The van der Waals surface area contributed by atoms with Gasteiger partial charge in [-0.05, 0) is 24.1 Å². The third-order valence-electron chi connectivity index (χ3n) is 3.10. The standard InChI is InChI=1S/C14H13NO4/c15-11-6-14-13(18-8-19-14)5-9(11)1-2-12(16)10-3-4-17-7-10/h3-7H,1-2,8,15H2. The second-order valence-corrected chi connectivity index (χ2v) is 4.34. The monoisotopic (exact) mass is 259 g/mol. The van der Waals surface area contributed by atoms with Crippen LogP contribution < -0.4 is 15.2 Å². The second kappa shape index (κ2) is 4.68. The number of ether oxygens (including phenoxy) is 2. The highest BCUT2D eigenvalue weighted by atomic mass is 16.7. The van der Waals surface area contributed by atoms with Crippen molar-refractivity contribution >= 4 is 11.5 Å². The van der Waals surface area contributed by atoms with Gasteiger partial charge in [0.2, 0.25) is 6.79 Å². The van der Waals surface area contributed by atoms with Crippen molar-refractivity contribution in [1.29, 1.82) is 0 Å². The van der Waals surface area contributed by atoms with Crippen molar-refractivity contribution in [2.75, 3.05) is 12.5 Å². The number of hydrogen-bond donors (Lipinski definition) is 1. The summed E-state index contributed by atoms with van der Waals surface area (Å²) in [5.74, 6) is 1.37. The van der Waals surface area contributed by atoms with E-state index in [9.17, 15) is 4.79 Å². The van der Waals surface area contributed by atoms with E-state index in [4.69, 9.17) is 19.6 Å². The fourth-order valence-corrected chi connectivity index (χ4v) is 2.03. The first-order valence-corrected chi connectivity index (χ1v) is 5.97. The quantitative estimate of drug-likeness (QED) is 0.674. The number of carbonyl (C=O) groups excluding carboxylic acids is 1. The predicted octanol–water partition coefficient (Wildman–Crippen LogP) is 2.41. The molecule has 0 unspecified atom stereocenters. The zero-order chi connectivity index (χ0) is 13.2. The Labute approximate surface area is 109 Å². The highest BCUT2D eigenvalue weighted by molar-refractivity contribution is 5.95. The van der Waals surface area contributed by atoms with Gasteiger partial charge in [0, 0.05) is 18.2 Å². The number of nitrogen functional groups attached to an aromatic ring is 1. The molecule has 0 aliphatic carbocycles. The predicted molar refractivity (Wildman–Crippen MR) is 68.3 cm³/mol. The number of furan rings is 1. The highest BCUT2D eigenvalue weighted by Crippen LogP contribution is 2.36. The van der Waals surface area contributed by atoms with Crippen LogP contribution in [0.1, 0.15) is 22.3 Å². The van der Waals surface area contributed by atoms with Crippen LogP contribution in [0, 0.1) is 0 Å². The maximum atomic E-state index is 11.9. The van der Waals surface area contributed by atoms with Gasteiger partial charge in [-0.25, -0.2) is 0 Å². The fraction of sp³-hybridized carbons (Fsp3) is 0.214. The van der Waals surface area contributed by atoms with Crippen molar-refractivity contribution in [3.05, 3.63) is 41.9 Å². The van der Waals surface area contributed by atoms with Crippen LogP contribution in [0.25, 0.3) is 0 Å². The lowest BCUT2D eigenvalue weighted by atomic mass is 10.0. The first-order valence-electron chi connectivity index (χ1n) is 5.97. The molecule has 1 aliphatic heterocycles. The van der Waals surface area contributed by atoms with E-state index >= 15 is 0 Å². The average molecular weight is 259 g/mol. The summed E-state index contributed by atoms with van der Waals surface area (Å²) in [6.45, 7) is 0.214. The summed E-state index contributed by atoms with van der Waals surface area (Å²) in [6.07, 6.45) is 3.88. The number of carbonyl (C=O) groups is 1. The summed E-state index contributed by atoms with van der Waals surface area (Å²) in [7, 11) is 0. The molecule has 0 bridgehead atoms. The summed E-state index contributed by atoms with van der Waals surface area (Å²) < 4.78 is 15.4. The summed E-state index contributed by atoms with van der Waals surface area (Å²) in [5, 5.41) is 0. The number of rotatable bonds is 4. The van der Waals surface area contributed by atoms with E-state index in [1.54, 1.807) is 12.1 Å². The Kier molecular flexibility index (Phi) is 2.87. The molecule has 98 valence electrons. The van der Waals surface area contributed by atoms with E-state index in [1.807, 2.05) is 6.07 Å². The molecule has 0 atom stereocenters. The lowest BCUT2D eigenvalue weighted by molar-refractivity contribution is 0.0982. The van der Waals surface area contributed by atoms with Gasteiger partial charge in [-0.15, -0.1) is 0 Å². The molecule has 0 saturated heterocycles. The third-order valence-corrected chi connectivity index (χ3v) is 3.10. The molecule has 2 heterocycles. The molecule has 2 aromatic rings. The van der Waals surface area contributed by atoms with Crippen LogP contribution in [0.2, 0.25) is 0 Å². The number of hydrogen-bond acceptors (Lipinski definition) is 5. The Morgan fingerprint density at radius 3 is 2.79 bits per heavy atom. The van der Waals surface area contributed by atoms with Crippen LogP contribution in [0.3, 0.4) is 0 Å². The minimum atomic E-state index is 0.0332. The van der Waals surface area contributed by atoms with Gasteiger partial charge in [0.25, 0.3) is 0 Å². The molecule has 5 heteroatoms. The largest absolute Gasteiger partial charge is 0.472 e. The molecule has 0 amide bonds. The summed E-state index contributed by atoms with van der Waals surface area (Å²) >= 11 is 0. The van der Waals surface area contributed by atoms with E-state index < -0.39 is 0 Å². The molecular formula is C14H13NO4. The lowest BCUT2D eigenvalue weighted by Crippen LogP contribution is -2.02. The fourth-order valence-electron chi connectivity index (χ4n) is 2.03. The van der Waals surface area contributed by atoms with E-state index in [0.717, 1.165) is 5.56 Å². The zero-order valence-electron chi connectivity index (χ0n) is 10.2. The van der Waals surface area contributed by atoms with Gasteiger partial charge < -0.3 is 19.6 Å². The van der Waals surface area contributed by atoms with Crippen molar-refractivity contribution in [2.24, 2.45) is 0 Å². The first kappa shape index (κ1) is 11.6. The Balaban J connectivity index is 1.72. The van der Waals surface area contributed by atoms with Gasteiger partial charge in [0.1, 0.15) is 6.26 Å². The number of ketones is 1. The molecule has 2 N–H and O–H groups in total. The Morgan fingerprint density at radius 1 is 1.26 bits per heavy atom. The van der Waals surface area contributed by atoms with Crippen molar-refractivity contribution in [3.63, 3.8) is 0 Å². The van der Waals surface area contributed by atoms with Crippen molar-refractivity contribution in [1.82, 2.24) is 0 Å². The van der Waals surface area contributed by atoms with E-state index in [0.29, 0.717) is 35.6 Å². The van der Waals surface area contributed by atoms with Crippen LogP contribution in [0.5, 0.6) is 11.5 Å². The van der Waals surface area contributed by atoms with Crippen molar-refractivity contribution in [2.45, 2.75) is 12.8 Å². The third kappa shape index (κ3) is 2.27. The van der Waals surface area contributed by atoms with Gasteiger partial charge in [0.05, 0.1) is 11.8 Å². The topological polar surface area (TPSA) is 74.7 Å². The lowest BCUT2D eigenvalue weighted by Gasteiger charge is -2.06. The zero-order valence-corrected chi connectivity index (χ0v) is 10.2. The number of aryl methyl sites for hydroxylation is 1. The summed E-state index contributed by atoms with van der Waals surface area (Å²) in [4.78, 5) is 11.9. The first-order chi connectivity index (χ1) is 9.24. The van der Waals surface area contributed by atoms with Gasteiger partial charge in [0.15, 0.2) is 17.3 Å². The molecule has 0 spiro atoms. The Hall–Kier alpha value is -2.43. The smallest absolute Gasteiger partial charge is 0.231 e. The minimum Gasteiger partial charge on any atom is -0.472 e. The van der Waals surface area contributed by atoms with Gasteiger partial charge in [-0.1, -0.05) is 0 Å². The molecule has 1 aliphatic rings. The number of benzene rings is 1. The van der Waals surface area contributed by atoms with Crippen LogP contribution >= 0.6 is 0 Å². The molecule has 0 radical (unpaired) electrons. The SMILES string of the molecule is Nc1cc2c(cc1CCC(=O)c1ccoc1)OCO2. The molecule has 1 aromatic heterocycles. The second-order valence-electron chi connectivity index (χ2n) is 4.34. The van der Waals surface area contributed by atoms with E-state index in [-0.39, 0.29) is 12.6 Å². The van der Waals surface area contributed by atoms with E-state index in [2.05, 4.69) is 0 Å². The molecular weight excluding hydrogens is 246 g/mol. The van der Waals surface area contributed by atoms with Crippen molar-refractivity contribution < 1.29 is 18.7 Å². The summed E-state index contributed by atoms with van der Waals surface area (Å²) in [6, 6.07) is 5.23. The van der Waals surface area contributed by atoms with Crippen LogP contribution in [-0.2, 0) is 6.42 Å². The number of anilines is 1. The van der Waals surface area contributed by atoms with Crippen LogP contribution in [0.4, 0.5) is 5.69 Å². The maximum Gasteiger partial charge on any atom is 0.231 e. The van der Waals surface area contributed by atoms with Gasteiger partial charge in [-0.2, -0.15) is 0 Å². The molecule has 19 heavy (non-hydrogen) atoms. The molecule has 3 rings (SSSR count). The Bertz CT molecular complexity index is 604. The van der Waals surface area contributed by atoms with Gasteiger partial charge >= 0.3 is 0 Å².